The summed E-state index contributed by atoms with van der Waals surface area (Å²) in [6.07, 6.45) is 14.5. The van der Waals surface area contributed by atoms with E-state index >= 15 is 0 Å². The van der Waals surface area contributed by atoms with Crippen molar-refractivity contribution in [2.45, 2.75) is 96.9 Å². The fourth-order valence-corrected chi connectivity index (χ4v) is 4.73. The Kier molecular flexibility index (Phi) is 5.93. The summed E-state index contributed by atoms with van der Waals surface area (Å²) in [5, 5.41) is 0.256. The van der Waals surface area contributed by atoms with Crippen LogP contribution in [0.2, 0.25) is 18.1 Å². The lowest BCUT2D eigenvalue weighted by Crippen LogP contribution is -2.48. The van der Waals surface area contributed by atoms with Gasteiger partial charge in [0.2, 0.25) is 0 Å². The summed E-state index contributed by atoms with van der Waals surface area (Å²) in [7, 11) is -1.74. The van der Waals surface area contributed by atoms with E-state index < -0.39 is 8.32 Å². The zero-order chi connectivity index (χ0) is 15.4. The van der Waals surface area contributed by atoms with Gasteiger partial charge in [-0.3, -0.25) is 0 Å². The molecule has 0 aromatic carbocycles. The molecule has 0 bridgehead atoms. The number of rotatable bonds is 6. The first kappa shape index (κ1) is 17.8. The van der Waals surface area contributed by atoms with Gasteiger partial charge in [-0.25, -0.2) is 0 Å². The molecule has 0 spiro atoms. The first-order chi connectivity index (χ1) is 9.18. The zero-order valence-electron chi connectivity index (χ0n) is 14.5. The Balaban J connectivity index is 2.96. The van der Waals surface area contributed by atoms with Crippen molar-refractivity contribution in [1.29, 1.82) is 0 Å². The maximum absolute atomic E-state index is 6.78. The Morgan fingerprint density at radius 3 is 2.20 bits per heavy atom. The fraction of sp³-hybridized carbons (Fsp3) is 0.889. The van der Waals surface area contributed by atoms with Gasteiger partial charge in [-0.1, -0.05) is 47.0 Å². The SMILES string of the molecule is C#CCC(O[Si](C)(C)C(C)(C)C)C1(CCC)CCCC1. The third-order valence-corrected chi connectivity index (χ3v) is 10.1. The molecule has 1 atom stereocenters. The molecule has 1 aliphatic carbocycles. The van der Waals surface area contributed by atoms with Crippen LogP contribution in [-0.4, -0.2) is 14.4 Å². The largest absolute Gasteiger partial charge is 0.412 e. The standard InChI is InChI=1S/C18H34OSi/c1-8-12-16(19-20(6,7)17(3,4)5)18(13-9-2)14-10-11-15-18/h1,16H,9-15H2,2-7H3. The van der Waals surface area contributed by atoms with Crippen LogP contribution < -0.4 is 0 Å². The van der Waals surface area contributed by atoms with Gasteiger partial charge < -0.3 is 4.43 Å². The molecule has 0 aliphatic heterocycles. The highest BCUT2D eigenvalue weighted by Crippen LogP contribution is 2.49. The van der Waals surface area contributed by atoms with Crippen molar-refractivity contribution >= 4 is 8.32 Å². The van der Waals surface area contributed by atoms with Crippen molar-refractivity contribution < 1.29 is 4.43 Å². The maximum Gasteiger partial charge on any atom is 0.192 e. The number of terminal acetylenes is 1. The Bertz CT molecular complexity index is 339. The van der Waals surface area contributed by atoms with Crippen LogP contribution in [0.5, 0.6) is 0 Å². The van der Waals surface area contributed by atoms with E-state index in [9.17, 15) is 0 Å². The second-order valence-corrected chi connectivity index (χ2v) is 12.9. The van der Waals surface area contributed by atoms with E-state index in [4.69, 9.17) is 10.8 Å². The monoisotopic (exact) mass is 294 g/mol. The third-order valence-electron chi connectivity index (χ3n) is 5.58. The van der Waals surface area contributed by atoms with Gasteiger partial charge in [0.25, 0.3) is 0 Å². The summed E-state index contributed by atoms with van der Waals surface area (Å²) >= 11 is 0. The van der Waals surface area contributed by atoms with Gasteiger partial charge in [-0.15, -0.1) is 12.3 Å². The van der Waals surface area contributed by atoms with Crippen molar-refractivity contribution in [2.24, 2.45) is 5.41 Å². The van der Waals surface area contributed by atoms with Gasteiger partial charge in [-0.2, -0.15) is 0 Å². The van der Waals surface area contributed by atoms with Gasteiger partial charge in [-0.05, 0) is 42.8 Å². The van der Waals surface area contributed by atoms with Crippen LogP contribution in [0.25, 0.3) is 0 Å². The summed E-state index contributed by atoms with van der Waals surface area (Å²) < 4.78 is 6.78. The zero-order valence-corrected chi connectivity index (χ0v) is 15.5. The predicted octanol–water partition coefficient (Wildman–Crippen LogP) is 5.76. The highest BCUT2D eigenvalue weighted by molar-refractivity contribution is 6.74. The van der Waals surface area contributed by atoms with Crippen molar-refractivity contribution in [1.82, 2.24) is 0 Å². The van der Waals surface area contributed by atoms with E-state index in [-0.39, 0.29) is 11.1 Å². The average molecular weight is 295 g/mol. The Morgan fingerprint density at radius 2 is 1.80 bits per heavy atom. The summed E-state index contributed by atoms with van der Waals surface area (Å²) in [6, 6.07) is 0. The maximum atomic E-state index is 6.78. The Morgan fingerprint density at radius 1 is 1.25 bits per heavy atom. The summed E-state index contributed by atoms with van der Waals surface area (Å²) in [6.45, 7) is 13.9. The van der Waals surface area contributed by atoms with Crippen molar-refractivity contribution in [2.75, 3.05) is 0 Å². The minimum absolute atomic E-state index is 0.256. The van der Waals surface area contributed by atoms with Crippen molar-refractivity contribution in [3.05, 3.63) is 0 Å². The van der Waals surface area contributed by atoms with E-state index in [0.29, 0.717) is 5.41 Å². The van der Waals surface area contributed by atoms with Crippen LogP contribution in [0.3, 0.4) is 0 Å². The van der Waals surface area contributed by atoms with Crippen LogP contribution in [0.4, 0.5) is 0 Å². The number of hydrogen-bond acceptors (Lipinski definition) is 1. The van der Waals surface area contributed by atoms with Crippen LogP contribution in [0.15, 0.2) is 0 Å². The molecular formula is C18H34OSi. The first-order valence-corrected chi connectivity index (χ1v) is 11.2. The lowest BCUT2D eigenvalue weighted by atomic mass is 9.75. The lowest BCUT2D eigenvalue weighted by Gasteiger charge is -2.45. The molecular weight excluding hydrogens is 260 g/mol. The molecule has 1 fully saturated rings. The van der Waals surface area contributed by atoms with Crippen molar-refractivity contribution in [3.8, 4) is 12.3 Å². The topological polar surface area (TPSA) is 9.23 Å². The normalized spacial score (nSPS) is 20.6. The highest BCUT2D eigenvalue weighted by atomic mass is 28.4. The second kappa shape index (κ2) is 6.67. The summed E-state index contributed by atoms with van der Waals surface area (Å²) in [5.74, 6) is 2.90. The Labute approximate surface area is 128 Å². The van der Waals surface area contributed by atoms with Crippen LogP contribution in [-0.2, 0) is 4.43 Å². The summed E-state index contributed by atoms with van der Waals surface area (Å²) in [5.41, 5.74) is 0.358. The van der Waals surface area contributed by atoms with Crippen LogP contribution in [0, 0.1) is 17.8 Å². The van der Waals surface area contributed by atoms with E-state index in [1.54, 1.807) is 0 Å². The molecule has 0 aromatic heterocycles. The molecule has 0 N–H and O–H groups in total. The lowest BCUT2D eigenvalue weighted by molar-refractivity contribution is 0.0345. The average Bonchev–Trinajstić information content (AvgIpc) is 2.77. The molecule has 0 radical (unpaired) electrons. The number of hydrogen-bond donors (Lipinski definition) is 0. The Hall–Kier alpha value is -0.263. The van der Waals surface area contributed by atoms with E-state index in [2.05, 4.69) is 46.7 Å². The highest BCUT2D eigenvalue weighted by Gasteiger charge is 2.46. The molecule has 0 saturated heterocycles. The molecule has 1 aliphatic rings. The van der Waals surface area contributed by atoms with E-state index in [1.165, 1.54) is 38.5 Å². The first-order valence-electron chi connectivity index (χ1n) is 8.30. The molecule has 1 unspecified atom stereocenters. The molecule has 1 nitrogen and oxygen atoms in total. The van der Waals surface area contributed by atoms with Gasteiger partial charge in [0.1, 0.15) is 0 Å². The molecule has 20 heavy (non-hydrogen) atoms. The van der Waals surface area contributed by atoms with Crippen LogP contribution in [0.1, 0.15) is 72.6 Å². The van der Waals surface area contributed by atoms with Gasteiger partial charge in [0.15, 0.2) is 8.32 Å². The molecule has 0 heterocycles. The minimum atomic E-state index is -1.74. The van der Waals surface area contributed by atoms with E-state index in [0.717, 1.165) is 6.42 Å². The van der Waals surface area contributed by atoms with Gasteiger partial charge >= 0.3 is 0 Å². The van der Waals surface area contributed by atoms with E-state index in [1.807, 2.05) is 0 Å². The fourth-order valence-electron chi connectivity index (χ4n) is 3.33. The molecule has 1 rings (SSSR count). The van der Waals surface area contributed by atoms with Crippen LogP contribution >= 0.6 is 0 Å². The van der Waals surface area contributed by atoms with Crippen molar-refractivity contribution in [3.63, 3.8) is 0 Å². The molecule has 0 aromatic rings. The smallest absolute Gasteiger partial charge is 0.192 e. The predicted molar refractivity (Wildman–Crippen MR) is 91.3 cm³/mol. The molecule has 1 saturated carbocycles. The van der Waals surface area contributed by atoms with Gasteiger partial charge in [0, 0.05) is 6.42 Å². The molecule has 0 amide bonds. The minimum Gasteiger partial charge on any atom is -0.412 e. The summed E-state index contributed by atoms with van der Waals surface area (Å²) in [4.78, 5) is 0. The third kappa shape index (κ3) is 3.89. The molecule has 116 valence electrons. The quantitative estimate of drug-likeness (QED) is 0.447. The molecule has 2 heteroatoms. The van der Waals surface area contributed by atoms with Gasteiger partial charge in [0.05, 0.1) is 6.10 Å². The second-order valence-electron chi connectivity index (χ2n) is 8.09.